The zero-order valence-corrected chi connectivity index (χ0v) is 16.9. The Morgan fingerprint density at radius 2 is 1.88 bits per heavy atom. The number of aliphatic imine (C=N–C) groups is 1. The molecular weight excluding hydrogens is 415 g/mol. The normalized spacial score (nSPS) is 11.6. The van der Waals surface area contributed by atoms with Crippen LogP contribution in [0.2, 0.25) is 0 Å². The Bertz CT molecular complexity index is 626. The van der Waals surface area contributed by atoms with E-state index in [0.29, 0.717) is 12.5 Å². The van der Waals surface area contributed by atoms with Crippen molar-refractivity contribution >= 4 is 29.9 Å². The van der Waals surface area contributed by atoms with Crippen LogP contribution >= 0.6 is 24.0 Å². The summed E-state index contributed by atoms with van der Waals surface area (Å²) in [5.74, 6) is 1.45. The van der Waals surface area contributed by atoms with E-state index in [4.69, 9.17) is 10.2 Å². The van der Waals surface area contributed by atoms with Crippen LogP contribution in [0.1, 0.15) is 30.7 Å². The lowest BCUT2D eigenvalue weighted by atomic mass is 10.1. The van der Waals surface area contributed by atoms with Crippen molar-refractivity contribution in [1.29, 1.82) is 0 Å². The molecule has 0 bridgehead atoms. The number of benzene rings is 1. The first kappa shape index (κ1) is 20.5. The number of rotatable bonds is 7. The topological polar surface area (TPSA) is 66.8 Å². The predicted molar refractivity (Wildman–Crippen MR) is 109 cm³/mol. The molecular formula is C18H27IN4O. The number of nitrogens with zero attached hydrogens (tertiary/aromatic N) is 2. The Hall–Kier alpha value is -1.54. The second-order valence-electron chi connectivity index (χ2n) is 6.02. The maximum absolute atomic E-state index is 5.88. The van der Waals surface area contributed by atoms with Gasteiger partial charge in [0.05, 0.1) is 19.4 Å². The van der Waals surface area contributed by atoms with Gasteiger partial charge in [0.25, 0.3) is 0 Å². The van der Waals surface area contributed by atoms with Crippen LogP contribution in [0.15, 0.2) is 52.1 Å². The van der Waals surface area contributed by atoms with E-state index in [-0.39, 0.29) is 30.0 Å². The van der Waals surface area contributed by atoms with Gasteiger partial charge in [0.1, 0.15) is 5.76 Å². The van der Waals surface area contributed by atoms with E-state index in [1.54, 1.807) is 6.26 Å². The number of nitrogens with two attached hydrogens (primary N) is 1. The second kappa shape index (κ2) is 10.4. The van der Waals surface area contributed by atoms with E-state index < -0.39 is 0 Å². The van der Waals surface area contributed by atoms with Crippen LogP contribution in [-0.4, -0.2) is 23.9 Å². The summed E-state index contributed by atoms with van der Waals surface area (Å²) in [6.45, 7) is 6.28. The Morgan fingerprint density at radius 1 is 1.17 bits per heavy atom. The van der Waals surface area contributed by atoms with Crippen LogP contribution < -0.4 is 11.1 Å². The fraction of sp³-hybridized carbons (Fsp3) is 0.389. The molecule has 6 heteroatoms. The summed E-state index contributed by atoms with van der Waals surface area (Å²) in [5, 5.41) is 3.11. The van der Waals surface area contributed by atoms with Gasteiger partial charge in [-0.2, -0.15) is 0 Å². The summed E-state index contributed by atoms with van der Waals surface area (Å²) in [6.07, 6.45) is 1.70. The molecule has 132 valence electrons. The SMILES string of the molecule is CC(C)NC(N)=NCc1ccccc1CN(C)Cc1ccco1.I. The highest BCUT2D eigenvalue weighted by Gasteiger charge is 2.07. The molecule has 2 rings (SSSR count). The van der Waals surface area contributed by atoms with Gasteiger partial charge < -0.3 is 15.5 Å². The maximum Gasteiger partial charge on any atom is 0.189 e. The van der Waals surface area contributed by atoms with Crippen molar-refractivity contribution in [2.45, 2.75) is 39.5 Å². The molecule has 3 N–H and O–H groups in total. The molecule has 5 nitrogen and oxygen atoms in total. The molecule has 0 amide bonds. The molecule has 1 heterocycles. The molecule has 2 aromatic rings. The second-order valence-corrected chi connectivity index (χ2v) is 6.02. The summed E-state index contributed by atoms with van der Waals surface area (Å²) in [7, 11) is 2.08. The minimum absolute atomic E-state index is 0. The van der Waals surface area contributed by atoms with Crippen LogP contribution in [0.25, 0.3) is 0 Å². The number of nitrogens with one attached hydrogen (secondary N) is 1. The number of halogens is 1. The lowest BCUT2D eigenvalue weighted by Gasteiger charge is -2.17. The first-order chi connectivity index (χ1) is 11.0. The van der Waals surface area contributed by atoms with E-state index in [2.05, 4.69) is 40.5 Å². The molecule has 0 fully saturated rings. The van der Waals surface area contributed by atoms with Crippen molar-refractivity contribution in [3.8, 4) is 0 Å². The van der Waals surface area contributed by atoms with Gasteiger partial charge in [-0.05, 0) is 44.2 Å². The molecule has 0 atom stereocenters. The van der Waals surface area contributed by atoms with Crippen LogP contribution in [0.3, 0.4) is 0 Å². The third-order valence-corrected chi connectivity index (χ3v) is 3.42. The standard InChI is InChI=1S/C18H26N4O.HI/c1-14(2)21-18(19)20-11-15-7-4-5-8-16(15)12-22(3)13-17-9-6-10-23-17;/h4-10,14H,11-13H2,1-3H3,(H3,19,20,21);1H. The number of hydrogen-bond acceptors (Lipinski definition) is 3. The summed E-state index contributed by atoms with van der Waals surface area (Å²) in [4.78, 5) is 6.64. The molecule has 0 spiro atoms. The van der Waals surface area contributed by atoms with Crippen LogP contribution in [-0.2, 0) is 19.6 Å². The minimum Gasteiger partial charge on any atom is -0.468 e. The molecule has 0 saturated heterocycles. The third-order valence-electron chi connectivity index (χ3n) is 3.42. The van der Waals surface area contributed by atoms with Crippen molar-refractivity contribution in [1.82, 2.24) is 10.2 Å². The largest absolute Gasteiger partial charge is 0.468 e. The van der Waals surface area contributed by atoms with Crippen molar-refractivity contribution in [3.63, 3.8) is 0 Å². The lowest BCUT2D eigenvalue weighted by molar-refractivity contribution is 0.287. The zero-order chi connectivity index (χ0) is 16.7. The molecule has 0 aliphatic rings. The molecule has 24 heavy (non-hydrogen) atoms. The quantitative estimate of drug-likeness (QED) is 0.392. The lowest BCUT2D eigenvalue weighted by Crippen LogP contribution is -2.36. The third kappa shape index (κ3) is 6.92. The molecule has 0 aliphatic heterocycles. The highest BCUT2D eigenvalue weighted by Crippen LogP contribution is 2.14. The molecule has 0 unspecified atom stereocenters. The molecule has 1 aromatic heterocycles. The van der Waals surface area contributed by atoms with Gasteiger partial charge in [0, 0.05) is 12.6 Å². The monoisotopic (exact) mass is 442 g/mol. The van der Waals surface area contributed by atoms with Gasteiger partial charge in [-0.3, -0.25) is 4.90 Å². The average Bonchev–Trinajstić information content (AvgIpc) is 2.98. The van der Waals surface area contributed by atoms with Gasteiger partial charge in [0.15, 0.2) is 5.96 Å². The minimum atomic E-state index is 0. The number of hydrogen-bond donors (Lipinski definition) is 2. The van der Waals surface area contributed by atoms with Crippen LogP contribution in [0, 0.1) is 0 Å². The van der Waals surface area contributed by atoms with Gasteiger partial charge in [0.2, 0.25) is 0 Å². The summed E-state index contributed by atoms with van der Waals surface area (Å²) in [6, 6.07) is 12.5. The Morgan fingerprint density at radius 3 is 2.50 bits per heavy atom. The summed E-state index contributed by atoms with van der Waals surface area (Å²) >= 11 is 0. The fourth-order valence-electron chi connectivity index (χ4n) is 2.39. The zero-order valence-electron chi connectivity index (χ0n) is 14.5. The van der Waals surface area contributed by atoms with E-state index >= 15 is 0 Å². The van der Waals surface area contributed by atoms with Crippen molar-refractivity contribution < 1.29 is 4.42 Å². The van der Waals surface area contributed by atoms with Crippen LogP contribution in [0.5, 0.6) is 0 Å². The fourth-order valence-corrected chi connectivity index (χ4v) is 2.39. The molecule has 0 aliphatic carbocycles. The predicted octanol–water partition coefficient (Wildman–Crippen LogP) is 3.34. The van der Waals surface area contributed by atoms with Crippen molar-refractivity contribution in [2.75, 3.05) is 7.05 Å². The molecule has 1 aromatic carbocycles. The van der Waals surface area contributed by atoms with E-state index in [1.165, 1.54) is 11.1 Å². The maximum atomic E-state index is 5.88. The van der Waals surface area contributed by atoms with Gasteiger partial charge >= 0.3 is 0 Å². The number of furan rings is 1. The Labute approximate surface area is 161 Å². The molecule has 0 radical (unpaired) electrons. The van der Waals surface area contributed by atoms with Crippen LogP contribution in [0.4, 0.5) is 0 Å². The smallest absolute Gasteiger partial charge is 0.189 e. The molecule has 0 saturated carbocycles. The number of guanidine groups is 1. The van der Waals surface area contributed by atoms with E-state index in [9.17, 15) is 0 Å². The van der Waals surface area contributed by atoms with Crippen molar-refractivity contribution in [2.24, 2.45) is 10.7 Å². The van der Waals surface area contributed by atoms with E-state index in [1.807, 2.05) is 32.0 Å². The highest BCUT2D eigenvalue weighted by atomic mass is 127. The Kier molecular flexibility index (Phi) is 8.84. The first-order valence-corrected chi connectivity index (χ1v) is 7.88. The van der Waals surface area contributed by atoms with Gasteiger partial charge in [-0.15, -0.1) is 24.0 Å². The highest BCUT2D eigenvalue weighted by molar-refractivity contribution is 14.0. The Balaban J connectivity index is 0.00000288. The average molecular weight is 442 g/mol. The summed E-state index contributed by atoms with van der Waals surface area (Å²) < 4.78 is 5.40. The first-order valence-electron chi connectivity index (χ1n) is 7.88. The van der Waals surface area contributed by atoms with Gasteiger partial charge in [-0.1, -0.05) is 24.3 Å². The summed E-state index contributed by atoms with van der Waals surface area (Å²) in [5.41, 5.74) is 8.32. The van der Waals surface area contributed by atoms with Gasteiger partial charge in [-0.25, -0.2) is 4.99 Å². The van der Waals surface area contributed by atoms with Crippen molar-refractivity contribution in [3.05, 3.63) is 59.5 Å². The van der Waals surface area contributed by atoms with E-state index in [0.717, 1.165) is 18.8 Å².